The van der Waals surface area contributed by atoms with Gasteiger partial charge in [-0.05, 0) is 0 Å². The topological polar surface area (TPSA) is 651 Å². The highest BCUT2D eigenvalue weighted by Crippen LogP contribution is 2.54. The zero-order valence-corrected chi connectivity index (χ0v) is 50.2. The van der Waals surface area contributed by atoms with E-state index in [-0.39, 0.29) is 67.9 Å². The standard InChI is InChI=1S/C43H56N20O25P4/c44-32-20-36(52-5-48-32)60(9-56-20)40-28(68)24(64)16(82-40)1-79-14-90(72,73)87-30-27(67)19(85-42(30)62-11-58-22-34(46)50-7-54-38(22)62)4-81-92(76,77)88-31-26(66)18(84-43(31)63-12-59-23-35(47)51-8-55-39(23)63)3-80-15-91(74,75)86-29-25(65)17(2-78-13-89(69,70)71)83-41(29)61-10-57-21-33(45)49-6-53-37(21)61/h5-12,16-19,24-31,40-43,64-68H,1-4,13-15H2,(H,72,73)(H,74,75)(H,76,77)(H2,44,48,52)(H2,45,49,53)(H2,46,50,54)(H2,47,51,55)(H2,69,70,71)/t16-,17-,18-,19-,24-,25-,26-,27-,28+,29+,30-,31+,40-,41-,42-,43-/m1/s1. The maximum absolute atomic E-state index is 14.1. The predicted molar refractivity (Wildman–Crippen MR) is 299 cm³/mol. The number of hydrogen-bond acceptors (Lipinski definition) is 36. The number of nitrogens with zero attached hydrogens (tertiary/aromatic N) is 16. The third kappa shape index (κ3) is 13.2. The number of nitrogens with two attached hydrogens (primary N) is 4. The number of rotatable bonds is 25. The number of phosphoric ester groups is 1. The molecule has 0 amide bonds. The quantitative estimate of drug-likeness (QED) is 0.0241. The Hall–Kier alpha value is -6.52. The summed E-state index contributed by atoms with van der Waals surface area (Å²) in [5, 5.41) is 56.8. The molecule has 4 saturated heterocycles. The van der Waals surface area contributed by atoms with Gasteiger partial charge >= 0.3 is 30.6 Å². The molecular weight excluding hydrogens is 1320 g/mol. The maximum Gasteiger partial charge on any atom is 0.472 e. The van der Waals surface area contributed by atoms with E-state index in [1.165, 1.54) is 15.5 Å². The number of ether oxygens (including phenoxy) is 7. The number of phosphoric acid groups is 1. The van der Waals surface area contributed by atoms with E-state index in [0.717, 1.165) is 53.4 Å². The number of anilines is 4. The Labute approximate surface area is 512 Å². The lowest BCUT2D eigenvalue weighted by Gasteiger charge is -2.25. The molecule has 0 bridgehead atoms. The number of imidazole rings is 4. The molecule has 12 heterocycles. The normalized spacial score (nSPS) is 30.7. The lowest BCUT2D eigenvalue weighted by Crippen LogP contribution is -2.37. The van der Waals surface area contributed by atoms with E-state index in [4.69, 9.17) is 74.2 Å². The molecule has 18 N–H and O–H groups in total. The van der Waals surface area contributed by atoms with E-state index in [1.54, 1.807) is 0 Å². The Balaban J connectivity index is 0.722. The smallest absolute Gasteiger partial charge is 0.387 e. The van der Waals surface area contributed by atoms with Crippen LogP contribution in [0.25, 0.3) is 44.7 Å². The molecule has 0 aliphatic carbocycles. The van der Waals surface area contributed by atoms with Gasteiger partial charge < -0.3 is 106 Å². The van der Waals surface area contributed by atoms with Crippen LogP contribution >= 0.6 is 30.6 Å². The van der Waals surface area contributed by atoms with Gasteiger partial charge in [-0.2, -0.15) is 0 Å². The molecule has 49 heteroatoms. The van der Waals surface area contributed by atoms with Crippen LogP contribution in [0.15, 0.2) is 50.6 Å². The first-order valence-electron chi connectivity index (χ1n) is 26.8. The van der Waals surface area contributed by atoms with Crippen molar-refractivity contribution in [3.8, 4) is 0 Å². The Kier molecular flexibility index (Phi) is 18.3. The minimum absolute atomic E-state index is 0.00730. The summed E-state index contributed by atoms with van der Waals surface area (Å²) in [6.07, 6.45) is -21.3. The number of nitrogen functional groups attached to an aromatic ring is 4. The van der Waals surface area contributed by atoms with Crippen LogP contribution in [0.2, 0.25) is 0 Å². The van der Waals surface area contributed by atoms with Crippen LogP contribution in [0.5, 0.6) is 0 Å². The highest BCUT2D eigenvalue weighted by molar-refractivity contribution is 7.53. The monoisotopic (exact) mass is 1380 g/mol. The lowest BCUT2D eigenvalue weighted by atomic mass is 10.1. The van der Waals surface area contributed by atoms with Gasteiger partial charge in [-0.1, -0.05) is 0 Å². The fourth-order valence-corrected chi connectivity index (χ4v) is 13.8. The van der Waals surface area contributed by atoms with E-state index < -0.39 is 174 Å². The molecule has 4 aliphatic rings. The van der Waals surface area contributed by atoms with Crippen molar-refractivity contribution >= 4 is 98.5 Å². The molecule has 0 saturated carbocycles. The molecule has 3 unspecified atom stereocenters. The molecule has 4 aliphatic heterocycles. The van der Waals surface area contributed by atoms with Crippen LogP contribution in [0, 0.1) is 0 Å². The van der Waals surface area contributed by atoms with E-state index in [1.807, 2.05) is 0 Å². The average Bonchev–Trinajstić information content (AvgIpc) is 1.64. The summed E-state index contributed by atoms with van der Waals surface area (Å²) >= 11 is 0. The number of aromatic nitrogens is 16. The molecule has 45 nitrogen and oxygen atoms in total. The second kappa shape index (κ2) is 25.7. The van der Waals surface area contributed by atoms with E-state index in [0.29, 0.717) is 0 Å². The van der Waals surface area contributed by atoms with Crippen LogP contribution in [-0.4, -0.2) is 247 Å². The second-order valence-corrected chi connectivity index (χ2v) is 27.4. The Bertz CT molecular complexity index is 4210. The summed E-state index contributed by atoms with van der Waals surface area (Å²) in [5.41, 5.74) is 24.3. The highest BCUT2D eigenvalue weighted by Gasteiger charge is 2.54. The van der Waals surface area contributed by atoms with Crippen molar-refractivity contribution in [2.24, 2.45) is 0 Å². The van der Waals surface area contributed by atoms with Crippen LogP contribution in [0.3, 0.4) is 0 Å². The van der Waals surface area contributed by atoms with Gasteiger partial charge in [-0.25, -0.2) is 64.4 Å². The summed E-state index contributed by atoms with van der Waals surface area (Å²) in [7, 11) is -20.3. The molecule has 4 fully saturated rings. The van der Waals surface area contributed by atoms with E-state index >= 15 is 0 Å². The van der Waals surface area contributed by atoms with Crippen molar-refractivity contribution < 1.29 is 120 Å². The molecule has 498 valence electrons. The highest BCUT2D eigenvalue weighted by atomic mass is 31.2. The number of hydrogen-bond donors (Lipinski definition) is 14. The number of fused-ring (bicyclic) bond motifs is 4. The SMILES string of the molecule is Nc1ncnc2c1ncn2[C@@H]1O[C@H](COCP(=O)(O)O[C@@H]2[C@H](O)[C@@H](COP(=O)(O)O[C@H]3[C@H](O)[C@@H](COCP(=O)(O)O[C@H]4[C@H](O)[C@@H](COCP(=O)(O)O)O[C@H]4n4cnc5c(N)ncnc54)O[C@H]3n3cnc4c(N)ncnc43)O[C@H]2n2cnc3c(N)ncnc32)[C@@H](O)[C@@H]1O. The second-order valence-electron chi connectivity index (χ2n) is 21.0. The van der Waals surface area contributed by atoms with Gasteiger partial charge in [-0.3, -0.25) is 50.1 Å². The molecule has 8 aromatic rings. The van der Waals surface area contributed by atoms with Crippen molar-refractivity contribution in [3.05, 3.63) is 50.6 Å². The van der Waals surface area contributed by atoms with Crippen LogP contribution in [0.1, 0.15) is 24.9 Å². The van der Waals surface area contributed by atoms with Gasteiger partial charge in [0.1, 0.15) is 140 Å². The van der Waals surface area contributed by atoms with Crippen molar-refractivity contribution in [3.63, 3.8) is 0 Å². The summed E-state index contributed by atoms with van der Waals surface area (Å²) < 4.78 is 120. The van der Waals surface area contributed by atoms with Crippen LogP contribution < -0.4 is 22.9 Å². The van der Waals surface area contributed by atoms with Crippen molar-refractivity contribution in [1.82, 2.24) is 78.1 Å². The van der Waals surface area contributed by atoms with Crippen molar-refractivity contribution in [2.45, 2.75) is 98.2 Å². The van der Waals surface area contributed by atoms with Gasteiger partial charge in [0, 0.05) is 0 Å². The van der Waals surface area contributed by atoms with E-state index in [2.05, 4.69) is 59.8 Å². The fourth-order valence-electron chi connectivity index (χ4n) is 10.6. The van der Waals surface area contributed by atoms with Crippen LogP contribution in [0.4, 0.5) is 23.3 Å². The summed E-state index contributed by atoms with van der Waals surface area (Å²) in [5.74, 6) is -0.245. The molecule has 0 spiro atoms. The Morgan fingerprint density at radius 2 is 0.696 bits per heavy atom. The molecule has 12 rings (SSSR count). The number of aliphatic hydroxyl groups excluding tert-OH is 5. The van der Waals surface area contributed by atoms with Crippen molar-refractivity contribution in [2.75, 3.05) is 68.4 Å². The van der Waals surface area contributed by atoms with E-state index in [9.17, 15) is 68.3 Å². The molecule has 0 aromatic carbocycles. The van der Waals surface area contributed by atoms with Gasteiger partial charge in [0.2, 0.25) is 0 Å². The maximum atomic E-state index is 14.1. The Morgan fingerprint density at radius 3 is 1.05 bits per heavy atom. The first-order chi connectivity index (χ1) is 43.7. The van der Waals surface area contributed by atoms with Gasteiger partial charge in [0.15, 0.2) is 70.8 Å². The van der Waals surface area contributed by atoms with Crippen molar-refractivity contribution in [1.29, 1.82) is 0 Å². The summed E-state index contributed by atoms with van der Waals surface area (Å²) in [6, 6.07) is 0. The lowest BCUT2D eigenvalue weighted by molar-refractivity contribution is -0.0671. The molecule has 92 heavy (non-hydrogen) atoms. The zero-order valence-electron chi connectivity index (χ0n) is 46.7. The van der Waals surface area contributed by atoms with Gasteiger partial charge in [0.05, 0.1) is 51.7 Å². The summed E-state index contributed by atoms with van der Waals surface area (Å²) in [6.45, 7) is -3.12. The third-order valence-corrected chi connectivity index (χ3v) is 18.4. The third-order valence-electron chi connectivity index (χ3n) is 14.8. The van der Waals surface area contributed by atoms with Gasteiger partial charge in [0.25, 0.3) is 0 Å². The van der Waals surface area contributed by atoms with Gasteiger partial charge in [-0.15, -0.1) is 0 Å². The molecule has 19 atom stereocenters. The first kappa shape index (κ1) is 65.5. The zero-order chi connectivity index (χ0) is 65.3. The average molecular weight is 1380 g/mol. The minimum atomic E-state index is -5.55. The first-order valence-corrected chi connectivity index (χ1v) is 33.7. The Morgan fingerprint density at radius 1 is 0.391 bits per heavy atom. The molecular formula is C43H56N20O25P4. The minimum Gasteiger partial charge on any atom is -0.387 e. The molecule has 8 aromatic heterocycles. The van der Waals surface area contributed by atoms with Crippen LogP contribution in [-0.2, 0) is 69.5 Å². The predicted octanol–water partition coefficient (Wildman–Crippen LogP) is -4.19. The largest absolute Gasteiger partial charge is 0.472 e. The summed E-state index contributed by atoms with van der Waals surface area (Å²) in [4.78, 5) is 101. The number of aliphatic hydroxyl groups is 5. The fraction of sp³-hybridized carbons (Fsp3) is 0.535. The molecule has 0 radical (unpaired) electrons.